The molecule has 0 bridgehead atoms. The molecule has 2 rings (SSSR count). The zero-order valence-corrected chi connectivity index (χ0v) is 18.2. The molecule has 0 aliphatic carbocycles. The largest absolute Gasteiger partial charge is 0.496 e. The van der Waals surface area contributed by atoms with Gasteiger partial charge in [0.25, 0.3) is 5.91 Å². The summed E-state index contributed by atoms with van der Waals surface area (Å²) in [5.41, 5.74) is 2.61. The molecule has 0 unspecified atom stereocenters. The monoisotopic (exact) mass is 396 g/mol. The minimum atomic E-state index is -0.625. The molecule has 5 heteroatoms. The van der Waals surface area contributed by atoms with Gasteiger partial charge in [-0.3, -0.25) is 9.59 Å². The van der Waals surface area contributed by atoms with E-state index in [1.165, 1.54) is 0 Å². The van der Waals surface area contributed by atoms with E-state index in [1.807, 2.05) is 50.2 Å². The molecule has 2 aromatic rings. The van der Waals surface area contributed by atoms with E-state index in [2.05, 4.69) is 31.4 Å². The highest BCUT2D eigenvalue weighted by atomic mass is 16.5. The third-order valence-corrected chi connectivity index (χ3v) is 4.89. The lowest BCUT2D eigenvalue weighted by atomic mass is 9.86. The number of methoxy groups -OCH3 is 1. The van der Waals surface area contributed by atoms with Gasteiger partial charge in [-0.2, -0.15) is 0 Å². The first-order valence-corrected chi connectivity index (χ1v) is 9.94. The summed E-state index contributed by atoms with van der Waals surface area (Å²) in [6.07, 6.45) is 0. The fourth-order valence-corrected chi connectivity index (χ4v) is 3.02. The lowest BCUT2D eigenvalue weighted by Crippen LogP contribution is -2.49. The van der Waals surface area contributed by atoms with Crippen molar-refractivity contribution in [2.45, 2.75) is 52.6 Å². The summed E-state index contributed by atoms with van der Waals surface area (Å²) < 4.78 is 5.32. The minimum absolute atomic E-state index is 0.0217. The third-order valence-electron chi connectivity index (χ3n) is 4.89. The molecule has 0 fully saturated rings. The SMILES string of the molecule is COc1ccccc1CNC(=O)[C@@H](NC(=O)c1ccc(C(C)(C)C)cc1)C(C)C. The number of carbonyl (C=O) groups excluding carboxylic acids is 2. The van der Waals surface area contributed by atoms with Crippen molar-refractivity contribution in [3.05, 3.63) is 65.2 Å². The smallest absolute Gasteiger partial charge is 0.251 e. The van der Waals surface area contributed by atoms with E-state index in [1.54, 1.807) is 19.2 Å². The molecule has 0 heterocycles. The molecular weight excluding hydrogens is 364 g/mol. The van der Waals surface area contributed by atoms with Crippen LogP contribution in [0.15, 0.2) is 48.5 Å². The predicted octanol–water partition coefficient (Wildman–Crippen LogP) is 4.06. The number of para-hydroxylation sites is 1. The third kappa shape index (κ3) is 6.08. The van der Waals surface area contributed by atoms with Gasteiger partial charge in [-0.25, -0.2) is 0 Å². The fraction of sp³-hybridized carbons (Fsp3) is 0.417. The van der Waals surface area contributed by atoms with Gasteiger partial charge >= 0.3 is 0 Å². The summed E-state index contributed by atoms with van der Waals surface area (Å²) in [4.78, 5) is 25.4. The van der Waals surface area contributed by atoms with Crippen LogP contribution in [0.3, 0.4) is 0 Å². The van der Waals surface area contributed by atoms with Gasteiger partial charge in [-0.15, -0.1) is 0 Å². The van der Waals surface area contributed by atoms with Crippen LogP contribution in [-0.4, -0.2) is 25.0 Å². The summed E-state index contributed by atoms with van der Waals surface area (Å²) in [7, 11) is 1.60. The van der Waals surface area contributed by atoms with Crippen molar-refractivity contribution in [1.82, 2.24) is 10.6 Å². The van der Waals surface area contributed by atoms with Crippen molar-refractivity contribution >= 4 is 11.8 Å². The molecule has 0 radical (unpaired) electrons. The molecule has 0 saturated heterocycles. The molecular formula is C24H32N2O3. The van der Waals surface area contributed by atoms with Gasteiger partial charge < -0.3 is 15.4 Å². The number of hydrogen-bond acceptors (Lipinski definition) is 3. The van der Waals surface area contributed by atoms with Crippen LogP contribution in [-0.2, 0) is 16.8 Å². The average molecular weight is 397 g/mol. The summed E-state index contributed by atoms with van der Waals surface area (Å²) >= 11 is 0. The molecule has 0 aromatic heterocycles. The predicted molar refractivity (Wildman–Crippen MR) is 116 cm³/mol. The Morgan fingerprint density at radius 1 is 1.00 bits per heavy atom. The van der Waals surface area contributed by atoms with Crippen molar-refractivity contribution in [1.29, 1.82) is 0 Å². The molecule has 156 valence electrons. The van der Waals surface area contributed by atoms with Crippen LogP contribution in [0.5, 0.6) is 5.75 Å². The van der Waals surface area contributed by atoms with Gasteiger partial charge in [-0.1, -0.05) is 65.0 Å². The molecule has 2 aromatic carbocycles. The maximum atomic E-state index is 12.7. The second-order valence-corrected chi connectivity index (χ2v) is 8.55. The van der Waals surface area contributed by atoms with Gasteiger partial charge in [0.05, 0.1) is 7.11 Å². The van der Waals surface area contributed by atoms with Gasteiger partial charge in [-0.05, 0) is 35.1 Å². The average Bonchev–Trinajstić information content (AvgIpc) is 2.69. The zero-order chi connectivity index (χ0) is 21.6. The van der Waals surface area contributed by atoms with Crippen LogP contribution >= 0.6 is 0 Å². The zero-order valence-electron chi connectivity index (χ0n) is 18.2. The molecule has 1 atom stereocenters. The molecule has 0 aliphatic heterocycles. The second kappa shape index (κ2) is 9.59. The first-order valence-electron chi connectivity index (χ1n) is 9.94. The first kappa shape index (κ1) is 22.5. The molecule has 2 N–H and O–H groups in total. The van der Waals surface area contributed by atoms with E-state index < -0.39 is 6.04 Å². The number of ether oxygens (including phenoxy) is 1. The molecule has 0 aliphatic rings. The molecule has 29 heavy (non-hydrogen) atoms. The molecule has 2 amide bonds. The second-order valence-electron chi connectivity index (χ2n) is 8.55. The van der Waals surface area contributed by atoms with E-state index in [-0.39, 0.29) is 23.1 Å². The highest BCUT2D eigenvalue weighted by Gasteiger charge is 2.25. The Balaban J connectivity index is 2.05. The molecule has 5 nitrogen and oxygen atoms in total. The van der Waals surface area contributed by atoms with Crippen molar-refractivity contribution in [2.75, 3.05) is 7.11 Å². The first-order chi connectivity index (χ1) is 13.6. The quantitative estimate of drug-likeness (QED) is 0.741. The summed E-state index contributed by atoms with van der Waals surface area (Å²) in [6.45, 7) is 10.5. The highest BCUT2D eigenvalue weighted by Crippen LogP contribution is 2.22. The van der Waals surface area contributed by atoms with Gasteiger partial charge in [0.15, 0.2) is 0 Å². The van der Waals surface area contributed by atoms with E-state index >= 15 is 0 Å². The Bertz CT molecular complexity index is 836. The van der Waals surface area contributed by atoms with E-state index in [0.717, 1.165) is 16.9 Å². The van der Waals surface area contributed by atoms with Crippen molar-refractivity contribution in [3.63, 3.8) is 0 Å². The Labute approximate surface area is 173 Å². The van der Waals surface area contributed by atoms with Crippen molar-refractivity contribution in [2.24, 2.45) is 5.92 Å². The van der Waals surface area contributed by atoms with Crippen molar-refractivity contribution < 1.29 is 14.3 Å². The van der Waals surface area contributed by atoms with Gasteiger partial charge in [0, 0.05) is 17.7 Å². The molecule has 0 spiro atoms. The van der Waals surface area contributed by atoms with Crippen LogP contribution in [0.25, 0.3) is 0 Å². The minimum Gasteiger partial charge on any atom is -0.496 e. The van der Waals surface area contributed by atoms with Crippen LogP contribution in [0, 0.1) is 5.92 Å². The normalized spacial score (nSPS) is 12.4. The van der Waals surface area contributed by atoms with E-state index in [4.69, 9.17) is 4.74 Å². The van der Waals surface area contributed by atoms with Crippen LogP contribution in [0.1, 0.15) is 56.1 Å². The number of benzene rings is 2. The lowest BCUT2D eigenvalue weighted by molar-refractivity contribution is -0.124. The summed E-state index contributed by atoms with van der Waals surface area (Å²) in [5, 5.41) is 5.78. The number of rotatable bonds is 7. The van der Waals surface area contributed by atoms with E-state index in [0.29, 0.717) is 12.1 Å². The molecule has 0 saturated carbocycles. The fourth-order valence-electron chi connectivity index (χ4n) is 3.02. The number of amides is 2. The Morgan fingerprint density at radius 3 is 2.17 bits per heavy atom. The Morgan fingerprint density at radius 2 is 1.62 bits per heavy atom. The number of carbonyl (C=O) groups is 2. The number of hydrogen-bond donors (Lipinski definition) is 2. The highest BCUT2D eigenvalue weighted by molar-refractivity contribution is 5.97. The summed E-state index contributed by atoms with van der Waals surface area (Å²) in [6, 6.07) is 14.4. The van der Waals surface area contributed by atoms with Gasteiger partial charge in [0.2, 0.25) is 5.91 Å². The Kier molecular flexibility index (Phi) is 7.43. The Hall–Kier alpha value is -2.82. The van der Waals surface area contributed by atoms with Gasteiger partial charge in [0.1, 0.15) is 11.8 Å². The maximum absolute atomic E-state index is 12.7. The van der Waals surface area contributed by atoms with Crippen LogP contribution in [0.4, 0.5) is 0 Å². The topological polar surface area (TPSA) is 67.4 Å². The van der Waals surface area contributed by atoms with E-state index in [9.17, 15) is 9.59 Å². The van der Waals surface area contributed by atoms with Crippen molar-refractivity contribution in [3.8, 4) is 5.75 Å². The van der Waals surface area contributed by atoms with Crippen LogP contribution in [0.2, 0.25) is 0 Å². The number of nitrogens with one attached hydrogen (secondary N) is 2. The standard InChI is InChI=1S/C24H32N2O3/c1-16(2)21(23(28)25-15-18-9-7-8-10-20(18)29-6)26-22(27)17-11-13-19(14-12-17)24(3,4)5/h7-14,16,21H,15H2,1-6H3,(H,25,28)(H,26,27)/t21-/m0/s1. The lowest BCUT2D eigenvalue weighted by Gasteiger charge is -2.23. The van der Waals surface area contributed by atoms with Crippen LogP contribution < -0.4 is 15.4 Å². The maximum Gasteiger partial charge on any atom is 0.251 e. The summed E-state index contributed by atoms with van der Waals surface area (Å²) in [5.74, 6) is 0.199.